The van der Waals surface area contributed by atoms with E-state index in [1.165, 1.54) is 17.8 Å². The third-order valence-corrected chi connectivity index (χ3v) is 5.50. The van der Waals surface area contributed by atoms with Gasteiger partial charge in [0.25, 0.3) is 5.82 Å². The zero-order chi connectivity index (χ0) is 21.3. The van der Waals surface area contributed by atoms with Gasteiger partial charge in [-0.1, -0.05) is 72.4 Å². The zero-order valence-corrected chi connectivity index (χ0v) is 16.9. The molecule has 1 atom stereocenters. The molecule has 3 rings (SSSR count). The van der Waals surface area contributed by atoms with Gasteiger partial charge in [0.2, 0.25) is 5.91 Å². The molecule has 4 N–H and O–H groups in total. The third-order valence-electron chi connectivity index (χ3n) is 4.48. The van der Waals surface area contributed by atoms with Gasteiger partial charge in [-0.3, -0.25) is 10.5 Å². The first kappa shape index (κ1) is 20.9. The number of anilines is 1. The minimum atomic E-state index is -0.174. The van der Waals surface area contributed by atoms with Crippen molar-refractivity contribution in [3.8, 4) is 12.1 Å². The second-order valence-electron chi connectivity index (χ2n) is 6.57. The molecule has 1 heterocycles. The molecule has 0 saturated heterocycles. The van der Waals surface area contributed by atoms with Crippen LogP contribution in [0.3, 0.4) is 0 Å². The monoisotopic (exact) mass is 414 g/mol. The van der Waals surface area contributed by atoms with E-state index in [-0.39, 0.29) is 34.6 Å². The van der Waals surface area contributed by atoms with Crippen molar-refractivity contribution in [3.05, 3.63) is 89.0 Å². The number of nitrogens with two attached hydrogens (primary N) is 1. The number of amides is 1. The first-order valence-electron chi connectivity index (χ1n) is 9.27. The van der Waals surface area contributed by atoms with Crippen LogP contribution in [0.25, 0.3) is 0 Å². The number of hydrogen-bond donors (Lipinski definition) is 2. The van der Waals surface area contributed by atoms with Crippen molar-refractivity contribution < 1.29 is 9.78 Å². The normalized spacial score (nSPS) is 11.1. The Kier molecular flexibility index (Phi) is 7.05. The summed E-state index contributed by atoms with van der Waals surface area (Å²) in [5.74, 6) is 0.116. The lowest BCUT2D eigenvalue weighted by Gasteiger charge is -2.19. The number of nitriles is 2. The molecule has 30 heavy (non-hydrogen) atoms. The smallest absolute Gasteiger partial charge is 0.289 e. The standard InChI is InChI=1S/C23H19N5OS/c24-13-18-12-19(14-25)23(28-22(18)26)30-15-21(29)27-20(17-9-5-2-6-10-17)11-16-7-3-1-4-8-16/h1-10,12,20H,11,15H2,(H2,26,28)(H,27,29)/p+1/t20-/m0/s1. The van der Waals surface area contributed by atoms with E-state index in [4.69, 9.17) is 11.0 Å². The van der Waals surface area contributed by atoms with Crippen LogP contribution in [0.5, 0.6) is 0 Å². The molecular weight excluding hydrogens is 394 g/mol. The van der Waals surface area contributed by atoms with Gasteiger partial charge < -0.3 is 5.32 Å². The maximum atomic E-state index is 12.7. The average Bonchev–Trinajstić information content (AvgIpc) is 2.78. The fourth-order valence-corrected chi connectivity index (χ4v) is 3.80. The van der Waals surface area contributed by atoms with Gasteiger partial charge in [0.05, 0.1) is 11.8 Å². The molecule has 0 spiro atoms. The minimum Gasteiger partial charge on any atom is -0.348 e. The zero-order valence-electron chi connectivity index (χ0n) is 16.1. The number of rotatable bonds is 7. The second-order valence-corrected chi connectivity index (χ2v) is 7.56. The van der Waals surface area contributed by atoms with Crippen LogP contribution < -0.4 is 16.0 Å². The fourth-order valence-electron chi connectivity index (χ4n) is 3.00. The molecule has 0 unspecified atom stereocenters. The van der Waals surface area contributed by atoms with Gasteiger partial charge >= 0.3 is 0 Å². The average molecular weight is 415 g/mol. The number of carbonyl (C=O) groups is 1. The van der Waals surface area contributed by atoms with E-state index in [1.54, 1.807) is 0 Å². The number of nitrogens with zero attached hydrogens (tertiary/aromatic N) is 2. The van der Waals surface area contributed by atoms with Crippen molar-refractivity contribution >= 4 is 23.5 Å². The van der Waals surface area contributed by atoms with Crippen LogP contribution in [0, 0.1) is 22.7 Å². The Labute approximate surface area is 179 Å². The summed E-state index contributed by atoms with van der Waals surface area (Å²) in [6, 6.07) is 25.0. The van der Waals surface area contributed by atoms with Crippen molar-refractivity contribution in [1.82, 2.24) is 5.32 Å². The Hall–Kier alpha value is -3.81. The van der Waals surface area contributed by atoms with E-state index < -0.39 is 0 Å². The van der Waals surface area contributed by atoms with Crippen LogP contribution in [0.1, 0.15) is 28.3 Å². The molecule has 0 bridgehead atoms. The third kappa shape index (κ3) is 5.38. The van der Waals surface area contributed by atoms with Gasteiger partial charge in [-0.15, -0.1) is 0 Å². The number of benzene rings is 2. The van der Waals surface area contributed by atoms with Crippen LogP contribution in [-0.4, -0.2) is 11.7 Å². The maximum Gasteiger partial charge on any atom is 0.289 e. The van der Waals surface area contributed by atoms with E-state index in [0.29, 0.717) is 11.4 Å². The molecule has 1 aromatic heterocycles. The molecule has 7 heteroatoms. The van der Waals surface area contributed by atoms with E-state index in [1.807, 2.05) is 72.8 Å². The number of pyridine rings is 1. The molecular formula is C23H20N5OS+. The van der Waals surface area contributed by atoms with E-state index in [0.717, 1.165) is 11.1 Å². The number of hydrogen-bond acceptors (Lipinski definition) is 5. The fraction of sp³-hybridized carbons (Fsp3) is 0.130. The molecule has 0 aliphatic heterocycles. The Morgan fingerprint density at radius 1 is 1.03 bits per heavy atom. The first-order chi connectivity index (χ1) is 14.6. The summed E-state index contributed by atoms with van der Waals surface area (Å²) in [4.78, 5) is 15.5. The number of aromatic amines is 1. The summed E-state index contributed by atoms with van der Waals surface area (Å²) in [6.07, 6.45) is 0.667. The lowest BCUT2D eigenvalue weighted by Crippen LogP contribution is -2.31. The van der Waals surface area contributed by atoms with Crippen molar-refractivity contribution in [1.29, 1.82) is 10.5 Å². The molecule has 0 fully saturated rings. The summed E-state index contributed by atoms with van der Waals surface area (Å²) >= 11 is 1.18. The van der Waals surface area contributed by atoms with Crippen LogP contribution in [0.4, 0.5) is 5.82 Å². The summed E-state index contributed by atoms with van der Waals surface area (Å²) in [7, 11) is 0. The number of thioether (sulfide) groups is 1. The number of aromatic nitrogens is 1. The number of nitrogens with one attached hydrogen (secondary N) is 2. The first-order valence-corrected chi connectivity index (χ1v) is 10.3. The highest BCUT2D eigenvalue weighted by Crippen LogP contribution is 2.22. The van der Waals surface area contributed by atoms with E-state index in [2.05, 4.69) is 10.3 Å². The summed E-state index contributed by atoms with van der Waals surface area (Å²) in [6.45, 7) is 0. The Balaban J connectivity index is 1.72. The van der Waals surface area contributed by atoms with Crippen LogP contribution in [0.15, 0.2) is 71.8 Å². The highest BCUT2D eigenvalue weighted by atomic mass is 32.2. The molecule has 2 aromatic carbocycles. The lowest BCUT2D eigenvalue weighted by molar-refractivity contribution is -0.410. The molecule has 0 aliphatic rings. The molecule has 148 valence electrons. The van der Waals surface area contributed by atoms with Crippen LogP contribution >= 0.6 is 11.8 Å². The SMILES string of the molecule is N#Cc1cc(C#N)c(SCC(=O)N[C@@H](Cc2ccccc2)c2ccccc2)[nH+]c1N. The van der Waals surface area contributed by atoms with E-state index in [9.17, 15) is 10.1 Å². The van der Waals surface area contributed by atoms with Gasteiger partial charge in [0.1, 0.15) is 23.3 Å². The van der Waals surface area contributed by atoms with Gasteiger partial charge in [0.15, 0.2) is 5.03 Å². The largest absolute Gasteiger partial charge is 0.348 e. The predicted molar refractivity (Wildman–Crippen MR) is 115 cm³/mol. The van der Waals surface area contributed by atoms with Crippen molar-refractivity contribution in [3.63, 3.8) is 0 Å². The molecule has 1 amide bonds. The molecule has 6 nitrogen and oxygen atoms in total. The molecule has 0 radical (unpaired) electrons. The highest BCUT2D eigenvalue weighted by molar-refractivity contribution is 7.99. The summed E-state index contributed by atoms with van der Waals surface area (Å²) < 4.78 is 0. The number of nitrogen functional groups attached to an aromatic ring is 1. The second kappa shape index (κ2) is 10.1. The van der Waals surface area contributed by atoms with Gasteiger partial charge in [-0.05, 0) is 23.6 Å². The van der Waals surface area contributed by atoms with E-state index >= 15 is 0 Å². The van der Waals surface area contributed by atoms with Crippen molar-refractivity contribution in [2.45, 2.75) is 17.5 Å². The molecule has 3 aromatic rings. The van der Waals surface area contributed by atoms with Crippen molar-refractivity contribution in [2.24, 2.45) is 0 Å². The number of carbonyl (C=O) groups excluding carboxylic acids is 1. The van der Waals surface area contributed by atoms with Crippen LogP contribution in [-0.2, 0) is 11.2 Å². The van der Waals surface area contributed by atoms with Crippen LogP contribution in [0.2, 0.25) is 0 Å². The lowest BCUT2D eigenvalue weighted by atomic mass is 9.99. The summed E-state index contributed by atoms with van der Waals surface area (Å²) in [5.41, 5.74) is 8.43. The Morgan fingerprint density at radius 3 is 2.30 bits per heavy atom. The number of H-pyrrole nitrogens is 1. The molecule has 0 aliphatic carbocycles. The van der Waals surface area contributed by atoms with Crippen molar-refractivity contribution in [2.75, 3.05) is 11.5 Å². The minimum absolute atomic E-state index is 0.106. The Bertz CT molecular complexity index is 1100. The Morgan fingerprint density at radius 2 is 1.67 bits per heavy atom. The maximum absolute atomic E-state index is 12.7. The molecule has 0 saturated carbocycles. The van der Waals surface area contributed by atoms with Gasteiger partial charge in [-0.2, -0.15) is 10.5 Å². The van der Waals surface area contributed by atoms with Gasteiger partial charge in [0, 0.05) is 0 Å². The quantitative estimate of drug-likeness (QED) is 0.576. The summed E-state index contributed by atoms with van der Waals surface area (Å²) in [5, 5.41) is 21.9. The topological polar surface area (TPSA) is 117 Å². The van der Waals surface area contributed by atoms with Gasteiger partial charge in [-0.25, -0.2) is 4.98 Å². The predicted octanol–water partition coefficient (Wildman–Crippen LogP) is 3.02. The highest BCUT2D eigenvalue weighted by Gasteiger charge is 2.18.